The van der Waals surface area contributed by atoms with Crippen molar-refractivity contribution in [1.29, 1.82) is 0 Å². The van der Waals surface area contributed by atoms with Crippen molar-refractivity contribution in [3.8, 4) is 11.1 Å². The number of hydrogen-bond donors (Lipinski definition) is 2. The number of benzene rings is 2. The van der Waals surface area contributed by atoms with Crippen LogP contribution in [0, 0.1) is 0 Å². The van der Waals surface area contributed by atoms with Gasteiger partial charge < -0.3 is 10.4 Å². The Kier molecular flexibility index (Phi) is 4.75. The standard InChI is InChI=1S/C20H19NO3/c22-19(16-11-4-5-12-17(16)20(23)24)21-18-13-7-6-10-15(18)14-8-2-1-3-9-14/h1-3,6-10,13H,4-5,11-12H2,(H,21,22)(H,23,24). The summed E-state index contributed by atoms with van der Waals surface area (Å²) < 4.78 is 0. The van der Waals surface area contributed by atoms with E-state index in [2.05, 4.69) is 5.32 Å². The van der Waals surface area contributed by atoms with Crippen molar-refractivity contribution < 1.29 is 14.7 Å². The Morgan fingerprint density at radius 1 is 0.833 bits per heavy atom. The van der Waals surface area contributed by atoms with Crippen molar-refractivity contribution >= 4 is 17.6 Å². The van der Waals surface area contributed by atoms with Gasteiger partial charge >= 0.3 is 5.97 Å². The molecule has 0 aromatic heterocycles. The molecule has 0 spiro atoms. The van der Waals surface area contributed by atoms with Gasteiger partial charge in [-0.25, -0.2) is 4.79 Å². The lowest BCUT2D eigenvalue weighted by Crippen LogP contribution is -2.21. The third kappa shape index (κ3) is 3.38. The highest BCUT2D eigenvalue weighted by Gasteiger charge is 2.24. The predicted molar refractivity (Wildman–Crippen MR) is 93.6 cm³/mol. The molecule has 4 nitrogen and oxygen atoms in total. The number of carbonyl (C=O) groups is 2. The molecular weight excluding hydrogens is 302 g/mol. The van der Waals surface area contributed by atoms with Gasteiger partial charge in [0.1, 0.15) is 0 Å². The molecular formula is C20H19NO3. The number of nitrogens with one attached hydrogen (secondary N) is 1. The van der Waals surface area contributed by atoms with E-state index < -0.39 is 5.97 Å². The van der Waals surface area contributed by atoms with E-state index >= 15 is 0 Å². The van der Waals surface area contributed by atoms with E-state index in [0.717, 1.165) is 24.0 Å². The summed E-state index contributed by atoms with van der Waals surface area (Å²) in [5, 5.41) is 12.2. The van der Waals surface area contributed by atoms with Gasteiger partial charge in [-0.05, 0) is 37.3 Å². The van der Waals surface area contributed by atoms with Gasteiger partial charge in [-0.2, -0.15) is 0 Å². The fourth-order valence-electron chi connectivity index (χ4n) is 3.05. The first-order valence-electron chi connectivity index (χ1n) is 8.08. The second-order valence-electron chi connectivity index (χ2n) is 5.84. The molecule has 0 heterocycles. The fourth-order valence-corrected chi connectivity index (χ4v) is 3.05. The Balaban J connectivity index is 1.92. The minimum atomic E-state index is -0.990. The molecule has 2 aromatic rings. The van der Waals surface area contributed by atoms with E-state index in [1.807, 2.05) is 54.6 Å². The van der Waals surface area contributed by atoms with Crippen LogP contribution in [0.1, 0.15) is 25.7 Å². The molecule has 24 heavy (non-hydrogen) atoms. The topological polar surface area (TPSA) is 66.4 Å². The zero-order chi connectivity index (χ0) is 16.9. The number of carbonyl (C=O) groups excluding carboxylic acids is 1. The molecule has 3 rings (SSSR count). The smallest absolute Gasteiger partial charge is 0.332 e. The zero-order valence-electron chi connectivity index (χ0n) is 13.3. The van der Waals surface area contributed by atoms with Crippen molar-refractivity contribution in [3.63, 3.8) is 0 Å². The van der Waals surface area contributed by atoms with E-state index in [1.54, 1.807) is 0 Å². The third-order valence-electron chi connectivity index (χ3n) is 4.26. The van der Waals surface area contributed by atoms with Crippen LogP contribution < -0.4 is 5.32 Å². The second-order valence-corrected chi connectivity index (χ2v) is 5.84. The average Bonchev–Trinajstić information content (AvgIpc) is 2.63. The lowest BCUT2D eigenvalue weighted by molar-refractivity contribution is -0.133. The summed E-state index contributed by atoms with van der Waals surface area (Å²) in [6, 6.07) is 17.3. The van der Waals surface area contributed by atoms with Crippen LogP contribution in [0.3, 0.4) is 0 Å². The van der Waals surface area contributed by atoms with Crippen LogP contribution >= 0.6 is 0 Å². The first-order chi connectivity index (χ1) is 11.7. The summed E-state index contributed by atoms with van der Waals surface area (Å²) in [6.45, 7) is 0. The molecule has 0 saturated heterocycles. The van der Waals surface area contributed by atoms with Crippen LogP contribution in [0.25, 0.3) is 11.1 Å². The normalized spacial score (nSPS) is 14.3. The third-order valence-corrected chi connectivity index (χ3v) is 4.26. The van der Waals surface area contributed by atoms with Crippen molar-refractivity contribution in [2.45, 2.75) is 25.7 Å². The molecule has 1 aliphatic rings. The quantitative estimate of drug-likeness (QED) is 0.885. The summed E-state index contributed by atoms with van der Waals surface area (Å²) in [4.78, 5) is 24.0. The van der Waals surface area contributed by atoms with Crippen LogP contribution in [0.15, 0.2) is 65.7 Å². The molecule has 0 radical (unpaired) electrons. The van der Waals surface area contributed by atoms with E-state index in [9.17, 15) is 14.7 Å². The average molecular weight is 321 g/mol. The Bertz CT molecular complexity index is 794. The summed E-state index contributed by atoms with van der Waals surface area (Å²) in [5.41, 5.74) is 3.26. The van der Waals surface area contributed by atoms with E-state index in [1.165, 1.54) is 0 Å². The molecule has 2 N–H and O–H groups in total. The molecule has 1 amide bonds. The van der Waals surface area contributed by atoms with Crippen molar-refractivity contribution in [2.24, 2.45) is 0 Å². The molecule has 0 saturated carbocycles. The minimum absolute atomic E-state index is 0.246. The van der Waals surface area contributed by atoms with Crippen molar-refractivity contribution in [3.05, 3.63) is 65.7 Å². The second kappa shape index (κ2) is 7.13. The number of amides is 1. The fraction of sp³-hybridized carbons (Fsp3) is 0.200. The van der Waals surface area contributed by atoms with Gasteiger partial charge in [0, 0.05) is 22.4 Å². The maximum Gasteiger partial charge on any atom is 0.332 e. The molecule has 0 aliphatic heterocycles. The number of aliphatic carboxylic acids is 1. The molecule has 0 atom stereocenters. The minimum Gasteiger partial charge on any atom is -0.478 e. The van der Waals surface area contributed by atoms with Crippen LogP contribution in [0.4, 0.5) is 5.69 Å². The molecule has 4 heteroatoms. The lowest BCUT2D eigenvalue weighted by Gasteiger charge is -2.18. The van der Waals surface area contributed by atoms with Gasteiger partial charge in [0.05, 0.1) is 0 Å². The number of carboxylic acid groups (broad SMARTS) is 1. The number of para-hydroxylation sites is 1. The molecule has 2 aromatic carbocycles. The first-order valence-corrected chi connectivity index (χ1v) is 8.08. The van der Waals surface area contributed by atoms with Crippen molar-refractivity contribution in [1.82, 2.24) is 0 Å². The summed E-state index contributed by atoms with van der Waals surface area (Å²) in [6.07, 6.45) is 2.64. The first kappa shape index (κ1) is 16.0. The van der Waals surface area contributed by atoms with Gasteiger partial charge in [0.2, 0.25) is 0 Å². The van der Waals surface area contributed by atoms with E-state index in [4.69, 9.17) is 0 Å². The summed E-state index contributed by atoms with van der Waals surface area (Å²) in [7, 11) is 0. The molecule has 1 aliphatic carbocycles. The van der Waals surface area contributed by atoms with Crippen LogP contribution in [0.5, 0.6) is 0 Å². The van der Waals surface area contributed by atoms with Gasteiger partial charge in [-0.15, -0.1) is 0 Å². The molecule has 0 unspecified atom stereocenters. The van der Waals surface area contributed by atoms with Crippen LogP contribution in [0.2, 0.25) is 0 Å². The van der Waals surface area contributed by atoms with E-state index in [0.29, 0.717) is 24.1 Å². The largest absolute Gasteiger partial charge is 0.478 e. The summed E-state index contributed by atoms with van der Waals surface area (Å²) in [5.74, 6) is -1.30. The van der Waals surface area contributed by atoms with Gasteiger partial charge in [0.15, 0.2) is 0 Å². The van der Waals surface area contributed by atoms with Gasteiger partial charge in [-0.3, -0.25) is 4.79 Å². The Morgan fingerprint density at radius 2 is 1.46 bits per heavy atom. The zero-order valence-corrected chi connectivity index (χ0v) is 13.3. The number of carboxylic acids is 1. The van der Waals surface area contributed by atoms with E-state index in [-0.39, 0.29) is 11.5 Å². The number of anilines is 1. The van der Waals surface area contributed by atoms with Gasteiger partial charge in [-0.1, -0.05) is 48.5 Å². The maximum absolute atomic E-state index is 12.6. The molecule has 0 bridgehead atoms. The van der Waals surface area contributed by atoms with Crippen LogP contribution in [-0.2, 0) is 9.59 Å². The predicted octanol–water partition coefficient (Wildman–Crippen LogP) is 4.25. The van der Waals surface area contributed by atoms with Crippen LogP contribution in [-0.4, -0.2) is 17.0 Å². The van der Waals surface area contributed by atoms with Gasteiger partial charge in [0.25, 0.3) is 5.91 Å². The highest BCUT2D eigenvalue weighted by molar-refractivity contribution is 6.10. The lowest BCUT2D eigenvalue weighted by atomic mass is 9.91. The Hall–Kier alpha value is -2.88. The summed E-state index contributed by atoms with van der Waals surface area (Å²) >= 11 is 0. The monoisotopic (exact) mass is 321 g/mol. The SMILES string of the molecule is O=C(O)C1=C(C(=O)Nc2ccccc2-c2ccccc2)CCCC1. The Morgan fingerprint density at radius 3 is 2.17 bits per heavy atom. The number of rotatable bonds is 4. The Labute approximate surface area is 140 Å². The number of hydrogen-bond acceptors (Lipinski definition) is 2. The molecule has 0 fully saturated rings. The maximum atomic E-state index is 12.6. The highest BCUT2D eigenvalue weighted by atomic mass is 16.4. The van der Waals surface area contributed by atoms with Crippen molar-refractivity contribution in [2.75, 3.05) is 5.32 Å². The molecule has 122 valence electrons. The highest BCUT2D eigenvalue weighted by Crippen LogP contribution is 2.30.